The predicted octanol–water partition coefficient (Wildman–Crippen LogP) is 11.1. The summed E-state index contributed by atoms with van der Waals surface area (Å²) in [4.78, 5) is 14.0. The van der Waals surface area contributed by atoms with Gasteiger partial charge in [0.1, 0.15) is 13.5 Å². The molecule has 1 atom stereocenters. The molecule has 15 rings (SSSR count). The van der Waals surface area contributed by atoms with E-state index in [-0.39, 0.29) is 69.0 Å². The van der Waals surface area contributed by atoms with Crippen LogP contribution in [0, 0.1) is 0 Å². The molecule has 0 radical (unpaired) electrons. The molecule has 3 aromatic carbocycles. The Balaban J connectivity index is 0.000000140. The largest absolute Gasteiger partial charge is 1.00 e. The van der Waals surface area contributed by atoms with Gasteiger partial charge in [0.05, 0.1) is 10.5 Å². The third-order valence-corrected chi connectivity index (χ3v) is 29.7. The number of benzene rings is 3. The van der Waals surface area contributed by atoms with Gasteiger partial charge in [-0.2, -0.15) is 15.0 Å². The number of anilines is 6. The molecule has 3 fully saturated rings. The van der Waals surface area contributed by atoms with Gasteiger partial charge in [-0.05, 0) is 233 Å². The van der Waals surface area contributed by atoms with E-state index in [4.69, 9.17) is 9.47 Å². The molecule has 0 aliphatic heterocycles. The van der Waals surface area contributed by atoms with Crippen molar-refractivity contribution in [3.05, 3.63) is 85.0 Å². The van der Waals surface area contributed by atoms with Crippen LogP contribution in [0.3, 0.4) is 0 Å². The number of rotatable bonds is 21. The third kappa shape index (κ3) is 17.6. The molecule has 3 heterocycles. The third-order valence-electron chi connectivity index (χ3n) is 20.8. The number of hydrogen-bond donors (Lipinski definition) is 4. The number of aromatic amines is 1. The Morgan fingerprint density at radius 1 is 0.521 bits per heavy atom. The van der Waals surface area contributed by atoms with Crippen molar-refractivity contribution in [2.75, 3.05) is 29.2 Å². The molecule has 0 amide bonds. The summed E-state index contributed by atoms with van der Waals surface area (Å²) in [5.41, 5.74) is 20.1. The number of fused-ring (bicyclic) bond motifs is 6. The molecule has 3 saturated carbocycles. The van der Waals surface area contributed by atoms with Crippen LogP contribution in [0.15, 0.2) is 33.7 Å². The zero-order valence-corrected chi connectivity index (χ0v) is 65.9. The number of sulfone groups is 2. The number of hydrogen-bond acceptors (Lipinski definition) is 17. The SMILES string of the molecule is BrC1CCCC1.C[Si](C)(C)CCOCn1nc(S(=O)(=O)C2CCCC2)nc1Nc1c2c(cc3c1CCC3)CCC2.C[Si](C)(C)CCOCn1nc(S(=O)[O-])nc1Nc1c2c(cc3c1CCC3)CCC2.O=S(=O)(c1nc(Nc2c3c(cc4c2CCC4)CCC3)n[nH]1)C1CCCC1.[Na+]. The molecular weight excluding hydrogens is 1380 g/mol. The smallest absolute Gasteiger partial charge is 0.766 e. The van der Waals surface area contributed by atoms with Crippen molar-refractivity contribution in [3.63, 3.8) is 0 Å². The normalized spacial score (nSPS) is 18.5. The molecule has 0 spiro atoms. The molecule has 0 bridgehead atoms. The topological polar surface area (TPSA) is 266 Å². The predicted molar refractivity (Wildman–Crippen MR) is 383 cm³/mol. The van der Waals surface area contributed by atoms with E-state index in [1.807, 2.05) is 0 Å². The average molecular weight is 1480 g/mol. The van der Waals surface area contributed by atoms with E-state index in [1.165, 1.54) is 123 Å². The number of nitrogens with zero attached hydrogens (tertiary/aromatic N) is 8. The molecular formula is C69H100BrN12NaO8S3Si2. The van der Waals surface area contributed by atoms with Gasteiger partial charge in [0.25, 0.3) is 5.16 Å². The summed E-state index contributed by atoms with van der Waals surface area (Å²) in [5, 5.41) is 24.9. The molecule has 518 valence electrons. The number of aryl methyl sites for hydroxylation is 6. The van der Waals surface area contributed by atoms with Crippen molar-refractivity contribution in [3.8, 4) is 0 Å². The second-order valence-electron chi connectivity index (χ2n) is 30.2. The van der Waals surface area contributed by atoms with Crippen LogP contribution < -0.4 is 45.5 Å². The van der Waals surface area contributed by atoms with Crippen LogP contribution in [0.1, 0.15) is 182 Å². The first-order chi connectivity index (χ1) is 45.6. The number of ether oxygens (including phenoxy) is 2. The maximum absolute atomic E-state index is 13.3. The Bertz CT molecular complexity index is 3890. The van der Waals surface area contributed by atoms with E-state index < -0.39 is 46.9 Å². The molecule has 6 aromatic rings. The minimum Gasteiger partial charge on any atom is -0.766 e. The first-order valence-corrected chi connectivity index (χ1v) is 48.1. The Labute approximate surface area is 604 Å². The zero-order valence-electron chi connectivity index (χ0n) is 57.9. The van der Waals surface area contributed by atoms with Gasteiger partial charge < -0.3 is 30.0 Å². The van der Waals surface area contributed by atoms with E-state index in [0.29, 0.717) is 43.9 Å². The molecule has 96 heavy (non-hydrogen) atoms. The van der Waals surface area contributed by atoms with Crippen molar-refractivity contribution in [2.24, 2.45) is 0 Å². The fourth-order valence-electron chi connectivity index (χ4n) is 15.5. The van der Waals surface area contributed by atoms with Crippen molar-refractivity contribution in [1.29, 1.82) is 0 Å². The van der Waals surface area contributed by atoms with Crippen molar-refractivity contribution < 1.29 is 64.6 Å². The van der Waals surface area contributed by atoms with Crippen LogP contribution >= 0.6 is 15.9 Å². The first kappa shape index (κ1) is 73.5. The van der Waals surface area contributed by atoms with E-state index in [1.54, 1.807) is 4.68 Å². The van der Waals surface area contributed by atoms with Crippen LogP contribution in [-0.2, 0) is 131 Å². The molecule has 27 heteroatoms. The first-order valence-electron chi connectivity index (χ1n) is 35.6. The molecule has 9 aliphatic rings. The van der Waals surface area contributed by atoms with Gasteiger partial charge >= 0.3 is 29.6 Å². The van der Waals surface area contributed by atoms with Gasteiger partial charge in [0.2, 0.25) is 47.8 Å². The number of H-pyrrole nitrogens is 1. The summed E-state index contributed by atoms with van der Waals surface area (Å²) >= 11 is 1.06. The van der Waals surface area contributed by atoms with Crippen molar-refractivity contribution in [1.82, 2.24) is 44.7 Å². The number of nitrogens with one attached hydrogen (secondary N) is 4. The number of alkyl halides is 1. The van der Waals surface area contributed by atoms with Gasteiger partial charge in [-0.1, -0.05) is 112 Å². The average Bonchev–Trinajstić information content (AvgIpc) is 1.61. The van der Waals surface area contributed by atoms with E-state index in [9.17, 15) is 25.6 Å². The van der Waals surface area contributed by atoms with Gasteiger partial charge in [-0.25, -0.2) is 31.3 Å². The van der Waals surface area contributed by atoms with Crippen LogP contribution in [0.4, 0.5) is 34.9 Å². The Hall–Kier alpha value is -3.68. The Kier molecular flexibility index (Phi) is 24.6. The van der Waals surface area contributed by atoms with E-state index >= 15 is 0 Å². The molecule has 4 N–H and O–H groups in total. The Morgan fingerprint density at radius 2 is 0.885 bits per heavy atom. The summed E-state index contributed by atoms with van der Waals surface area (Å²) in [6, 6.07) is 9.25. The van der Waals surface area contributed by atoms with Gasteiger partial charge in [0, 0.05) is 62.3 Å². The van der Waals surface area contributed by atoms with E-state index in [0.717, 1.165) is 162 Å². The van der Waals surface area contributed by atoms with Crippen LogP contribution in [0.5, 0.6) is 0 Å². The summed E-state index contributed by atoms with van der Waals surface area (Å²) in [6.45, 7) is 15.5. The molecule has 1 unspecified atom stereocenters. The second-order valence-corrected chi connectivity index (χ2v) is 47.8. The summed E-state index contributed by atoms with van der Waals surface area (Å²) < 4.78 is 89.8. The fraction of sp³-hybridized carbons (Fsp3) is 0.652. The van der Waals surface area contributed by atoms with Crippen LogP contribution in [0.25, 0.3) is 0 Å². The van der Waals surface area contributed by atoms with Gasteiger partial charge in [0.15, 0.2) is 0 Å². The summed E-state index contributed by atoms with van der Waals surface area (Å²) in [7, 11) is -9.35. The van der Waals surface area contributed by atoms with Crippen molar-refractivity contribution in [2.45, 2.75) is 288 Å². The maximum atomic E-state index is 13.3. The summed E-state index contributed by atoms with van der Waals surface area (Å²) in [6.07, 6.45) is 32.5. The van der Waals surface area contributed by atoms with Crippen LogP contribution in [0.2, 0.25) is 51.4 Å². The van der Waals surface area contributed by atoms with Crippen LogP contribution in [-0.4, -0.2) is 115 Å². The number of halogens is 1. The minimum atomic E-state index is -3.54. The number of aromatic nitrogens is 9. The van der Waals surface area contributed by atoms with Gasteiger partial charge in [-0.3, -0.25) is 4.21 Å². The van der Waals surface area contributed by atoms with E-state index in [2.05, 4.69) is 125 Å². The zero-order chi connectivity index (χ0) is 66.7. The van der Waals surface area contributed by atoms with Crippen molar-refractivity contribution >= 4 is 97.7 Å². The monoisotopic (exact) mass is 1480 g/mol. The van der Waals surface area contributed by atoms with Gasteiger partial charge in [-0.15, -0.1) is 15.3 Å². The molecule has 0 saturated heterocycles. The quantitative estimate of drug-likeness (QED) is 0.0226. The summed E-state index contributed by atoms with van der Waals surface area (Å²) in [5.74, 6) is 1.29. The maximum Gasteiger partial charge on any atom is 1.00 e. The standard InChI is InChI=1S/C25H38N4O3SSi.C20H30N4O3SSi.C19H24N4O2S.C5H9Br.Na/c1-34(2,3)15-14-32-17-29-24(27-25(28-29)33(30,31)20-10-4-5-11-20)26-23-21-12-6-8-18(21)16-19-9-7-13-22(19)23;1-29(2,3)11-10-27-13-24-19(22-20(23-24)28(25)26)21-18-16-8-4-6-14(16)12-15-7-5-9-17(15)18;24-26(25,14-7-1-2-8-14)19-21-18(22-23-19)20-17-15-9-3-5-12(15)11-13-6-4-10-16(13)17;6-5-3-1-2-4-5;/h16,20H,4-15,17H2,1-3H3,(H,26,27,28);12H,4-11,13H2,1-3H3,(H,25,26)(H,21,22,23);11,14H,1-10H2,(H2,20,21,22,23);5H,1-4H2;/q;;;;+1/p-1. The fourth-order valence-corrected chi connectivity index (χ4v) is 21.3. The second kappa shape index (κ2) is 32.1. The minimum absolute atomic E-state index is 0. The molecule has 20 nitrogen and oxygen atoms in total. The molecule has 9 aliphatic carbocycles. The Morgan fingerprint density at radius 3 is 1.26 bits per heavy atom. The molecule has 3 aromatic heterocycles.